The molecule has 0 saturated heterocycles. The maximum absolute atomic E-state index is 12.1. The topological polar surface area (TPSA) is 52.7 Å². The summed E-state index contributed by atoms with van der Waals surface area (Å²) < 4.78 is 0. The zero-order valence-corrected chi connectivity index (χ0v) is 15.3. The molecule has 0 aromatic heterocycles. The molecule has 1 rings (SSSR count). The number of unbranched alkanes of at least 4 members (excludes halogenated alkanes) is 1. The number of hydrogen-bond acceptors (Lipinski definition) is 4. The Morgan fingerprint density at radius 3 is 2.52 bits per heavy atom. The lowest BCUT2D eigenvalue weighted by molar-refractivity contribution is -0.131. The van der Waals surface area contributed by atoms with Gasteiger partial charge in [-0.15, -0.1) is 11.8 Å². The highest BCUT2D eigenvalue weighted by Gasteiger charge is 2.14. The summed E-state index contributed by atoms with van der Waals surface area (Å²) in [5.41, 5.74) is 0.810. The van der Waals surface area contributed by atoms with Gasteiger partial charge in [0, 0.05) is 18.5 Å². The molecule has 5 nitrogen and oxygen atoms in total. The van der Waals surface area contributed by atoms with E-state index in [0.29, 0.717) is 0 Å². The standard InChI is InChI=1S/C17H27N3O2S/c1-5-6-11-20(3)17(22)13-19(2)12-16(21)18-14-9-7-8-10-15(14)23-4/h7-10H,5-6,11-13H2,1-4H3,(H,18,21). The predicted molar refractivity (Wildman–Crippen MR) is 96.9 cm³/mol. The monoisotopic (exact) mass is 337 g/mol. The fraction of sp³-hybridized carbons (Fsp3) is 0.529. The number of likely N-dealkylation sites (N-methyl/N-ethyl adjacent to an activating group) is 2. The minimum Gasteiger partial charge on any atom is -0.345 e. The first-order valence-electron chi connectivity index (χ1n) is 7.83. The number of anilines is 1. The van der Waals surface area contributed by atoms with Crippen molar-refractivity contribution in [2.24, 2.45) is 0 Å². The van der Waals surface area contributed by atoms with Crippen LogP contribution < -0.4 is 5.32 Å². The molecule has 128 valence electrons. The first-order valence-corrected chi connectivity index (χ1v) is 9.05. The minimum atomic E-state index is -0.113. The summed E-state index contributed by atoms with van der Waals surface area (Å²) in [6.07, 6.45) is 4.03. The molecule has 1 aromatic rings. The number of carbonyl (C=O) groups excluding carboxylic acids is 2. The lowest BCUT2D eigenvalue weighted by Crippen LogP contribution is -2.40. The van der Waals surface area contributed by atoms with Crippen molar-refractivity contribution in [1.29, 1.82) is 0 Å². The van der Waals surface area contributed by atoms with Crippen LogP contribution in [0.4, 0.5) is 5.69 Å². The van der Waals surface area contributed by atoms with E-state index in [1.165, 1.54) is 0 Å². The van der Waals surface area contributed by atoms with Crippen LogP contribution in [0.2, 0.25) is 0 Å². The molecular weight excluding hydrogens is 310 g/mol. The van der Waals surface area contributed by atoms with Crippen molar-refractivity contribution in [3.8, 4) is 0 Å². The van der Waals surface area contributed by atoms with Gasteiger partial charge in [-0.1, -0.05) is 25.5 Å². The summed E-state index contributed by atoms with van der Waals surface area (Å²) >= 11 is 1.59. The van der Waals surface area contributed by atoms with Gasteiger partial charge in [0.2, 0.25) is 11.8 Å². The van der Waals surface area contributed by atoms with E-state index in [0.717, 1.165) is 30.0 Å². The van der Waals surface area contributed by atoms with E-state index in [1.807, 2.05) is 30.5 Å². The van der Waals surface area contributed by atoms with Gasteiger partial charge in [0.05, 0.1) is 18.8 Å². The minimum absolute atomic E-state index is 0.0401. The van der Waals surface area contributed by atoms with Crippen LogP contribution in [0.3, 0.4) is 0 Å². The van der Waals surface area contributed by atoms with E-state index in [4.69, 9.17) is 0 Å². The van der Waals surface area contributed by atoms with Gasteiger partial charge >= 0.3 is 0 Å². The number of carbonyl (C=O) groups is 2. The number of rotatable bonds is 9. The second kappa shape index (κ2) is 10.3. The van der Waals surface area contributed by atoms with Crippen molar-refractivity contribution in [3.05, 3.63) is 24.3 Å². The molecule has 0 unspecified atom stereocenters. The van der Waals surface area contributed by atoms with E-state index >= 15 is 0 Å². The van der Waals surface area contributed by atoms with Gasteiger partial charge in [-0.3, -0.25) is 14.5 Å². The highest BCUT2D eigenvalue weighted by molar-refractivity contribution is 7.98. The normalized spacial score (nSPS) is 10.7. The average molecular weight is 337 g/mol. The first kappa shape index (κ1) is 19.5. The molecule has 0 aliphatic heterocycles. The highest BCUT2D eigenvalue weighted by atomic mass is 32.2. The van der Waals surface area contributed by atoms with Crippen LogP contribution in [0.15, 0.2) is 29.2 Å². The predicted octanol–water partition coefficient (Wildman–Crippen LogP) is 2.54. The van der Waals surface area contributed by atoms with Gasteiger partial charge < -0.3 is 10.2 Å². The van der Waals surface area contributed by atoms with Crippen LogP contribution in [0.1, 0.15) is 19.8 Å². The Morgan fingerprint density at radius 1 is 1.17 bits per heavy atom. The number of nitrogens with zero attached hydrogens (tertiary/aromatic N) is 2. The number of thioether (sulfide) groups is 1. The Balaban J connectivity index is 2.46. The third kappa shape index (κ3) is 7.05. The number of nitrogens with one attached hydrogen (secondary N) is 1. The molecule has 6 heteroatoms. The average Bonchev–Trinajstić information content (AvgIpc) is 2.52. The molecule has 0 bridgehead atoms. The van der Waals surface area contributed by atoms with Crippen LogP contribution in [0, 0.1) is 0 Å². The smallest absolute Gasteiger partial charge is 0.238 e. The maximum Gasteiger partial charge on any atom is 0.238 e. The van der Waals surface area contributed by atoms with Crippen molar-refractivity contribution in [2.75, 3.05) is 45.3 Å². The Morgan fingerprint density at radius 2 is 1.87 bits per heavy atom. The molecule has 0 radical (unpaired) electrons. The quantitative estimate of drug-likeness (QED) is 0.704. The molecule has 2 amide bonds. The number of hydrogen-bond donors (Lipinski definition) is 1. The van der Waals surface area contributed by atoms with E-state index in [9.17, 15) is 9.59 Å². The third-order valence-electron chi connectivity index (χ3n) is 3.47. The van der Waals surface area contributed by atoms with Gasteiger partial charge in [-0.2, -0.15) is 0 Å². The Bertz CT molecular complexity index is 522. The van der Waals surface area contributed by atoms with Gasteiger partial charge in [-0.05, 0) is 31.9 Å². The van der Waals surface area contributed by atoms with Crippen LogP contribution in [-0.2, 0) is 9.59 Å². The van der Waals surface area contributed by atoms with Crippen molar-refractivity contribution in [1.82, 2.24) is 9.80 Å². The first-order chi connectivity index (χ1) is 11.0. The van der Waals surface area contributed by atoms with E-state index < -0.39 is 0 Å². The number of benzene rings is 1. The molecule has 1 N–H and O–H groups in total. The van der Waals surface area contributed by atoms with Crippen molar-refractivity contribution >= 4 is 29.3 Å². The van der Waals surface area contributed by atoms with Crippen molar-refractivity contribution in [3.63, 3.8) is 0 Å². The molecular formula is C17H27N3O2S. The van der Waals surface area contributed by atoms with Gasteiger partial charge in [0.25, 0.3) is 0 Å². The summed E-state index contributed by atoms with van der Waals surface area (Å²) in [5, 5.41) is 2.90. The van der Waals surface area contributed by atoms with Gasteiger partial charge in [0.15, 0.2) is 0 Å². The van der Waals surface area contributed by atoms with E-state index in [1.54, 1.807) is 35.7 Å². The molecule has 0 heterocycles. The lowest BCUT2D eigenvalue weighted by Gasteiger charge is -2.21. The Labute approximate surface area is 143 Å². The van der Waals surface area contributed by atoms with Gasteiger partial charge in [0.1, 0.15) is 0 Å². The van der Waals surface area contributed by atoms with Gasteiger partial charge in [-0.25, -0.2) is 0 Å². The van der Waals surface area contributed by atoms with Crippen molar-refractivity contribution < 1.29 is 9.59 Å². The van der Waals surface area contributed by atoms with E-state index in [2.05, 4.69) is 12.2 Å². The Hall–Kier alpha value is -1.53. The Kier molecular flexibility index (Phi) is 8.73. The van der Waals surface area contributed by atoms with Crippen LogP contribution in [-0.4, -0.2) is 61.6 Å². The largest absolute Gasteiger partial charge is 0.345 e. The molecule has 0 aliphatic carbocycles. The SMILES string of the molecule is CCCCN(C)C(=O)CN(C)CC(=O)Nc1ccccc1SC. The molecule has 0 aliphatic rings. The summed E-state index contributed by atoms with van der Waals surface area (Å²) in [4.78, 5) is 28.7. The molecule has 0 atom stereocenters. The molecule has 0 spiro atoms. The number of para-hydroxylation sites is 1. The van der Waals surface area contributed by atoms with E-state index in [-0.39, 0.29) is 24.9 Å². The zero-order chi connectivity index (χ0) is 17.2. The fourth-order valence-corrected chi connectivity index (χ4v) is 2.66. The van der Waals surface area contributed by atoms with Crippen molar-refractivity contribution in [2.45, 2.75) is 24.7 Å². The summed E-state index contributed by atoms with van der Waals surface area (Å²) in [6.45, 7) is 3.30. The zero-order valence-electron chi connectivity index (χ0n) is 14.5. The molecule has 1 aromatic carbocycles. The van der Waals surface area contributed by atoms with Crippen LogP contribution in [0.5, 0.6) is 0 Å². The second-order valence-corrected chi connectivity index (χ2v) is 6.44. The summed E-state index contributed by atoms with van der Waals surface area (Å²) in [7, 11) is 3.59. The molecule has 23 heavy (non-hydrogen) atoms. The van der Waals surface area contributed by atoms with Crippen LogP contribution >= 0.6 is 11.8 Å². The third-order valence-corrected chi connectivity index (χ3v) is 4.27. The second-order valence-electron chi connectivity index (χ2n) is 5.59. The molecule has 0 saturated carbocycles. The fourth-order valence-electron chi connectivity index (χ4n) is 2.11. The van der Waals surface area contributed by atoms with Crippen LogP contribution in [0.25, 0.3) is 0 Å². The maximum atomic E-state index is 12.1. The molecule has 0 fully saturated rings. The lowest BCUT2D eigenvalue weighted by atomic mass is 10.3. The number of amides is 2. The summed E-state index contributed by atoms with van der Waals surface area (Å²) in [5.74, 6) is -0.0729. The summed E-state index contributed by atoms with van der Waals surface area (Å²) in [6, 6.07) is 7.69. The highest BCUT2D eigenvalue weighted by Crippen LogP contribution is 2.24.